The number of para-hydroxylation sites is 2. The second-order valence-electron chi connectivity index (χ2n) is 7.34. The first-order chi connectivity index (χ1) is 15.6. The van der Waals surface area contributed by atoms with E-state index in [-0.39, 0.29) is 12.6 Å². The van der Waals surface area contributed by atoms with Crippen molar-refractivity contribution in [1.82, 2.24) is 9.97 Å². The third kappa shape index (κ3) is 3.84. The molecule has 1 atom stereocenters. The maximum absolute atomic E-state index is 9.34. The molecule has 7 nitrogen and oxygen atoms in total. The number of fused-ring (bicyclic) bond motifs is 1. The van der Waals surface area contributed by atoms with E-state index in [1.807, 2.05) is 72.5 Å². The first kappa shape index (κ1) is 20.2. The molecule has 32 heavy (non-hydrogen) atoms. The van der Waals surface area contributed by atoms with Gasteiger partial charge in [0.15, 0.2) is 5.58 Å². The number of aliphatic hydroxyl groups is 1. The van der Waals surface area contributed by atoms with Crippen molar-refractivity contribution in [2.75, 3.05) is 10.2 Å². The summed E-state index contributed by atoms with van der Waals surface area (Å²) in [7, 11) is 0. The number of aliphatic hydroxyl groups excluding tert-OH is 1. The van der Waals surface area contributed by atoms with E-state index in [0.717, 1.165) is 22.5 Å². The molecule has 3 heterocycles. The molecule has 0 bridgehead atoms. The summed E-state index contributed by atoms with van der Waals surface area (Å²) in [5, 5.41) is 13.2. The highest BCUT2D eigenvalue weighted by Gasteiger charge is 2.26. The number of aromatic nitrogens is 2. The number of nitrogens with zero attached hydrogens (tertiary/aromatic N) is 4. The SMILES string of the molecule is CC1=CC(c2ccccc2Cl)N=C(Nc2nc3ccccc3o2)N1c1ccc(CO)nc1. The molecule has 0 amide bonds. The van der Waals surface area contributed by atoms with Gasteiger partial charge in [-0.25, -0.2) is 4.99 Å². The molecule has 8 heteroatoms. The Balaban J connectivity index is 1.57. The van der Waals surface area contributed by atoms with Gasteiger partial charge < -0.3 is 9.52 Å². The maximum atomic E-state index is 9.34. The molecule has 5 rings (SSSR count). The molecule has 0 fully saturated rings. The van der Waals surface area contributed by atoms with Crippen molar-refractivity contribution in [2.45, 2.75) is 19.6 Å². The van der Waals surface area contributed by atoms with Gasteiger partial charge in [0.2, 0.25) is 5.96 Å². The number of allylic oxidation sites excluding steroid dienone is 1. The third-order valence-corrected chi connectivity index (χ3v) is 5.53. The first-order valence-electron chi connectivity index (χ1n) is 10.1. The van der Waals surface area contributed by atoms with Crippen LogP contribution in [-0.2, 0) is 6.61 Å². The largest absolute Gasteiger partial charge is 0.423 e. The van der Waals surface area contributed by atoms with E-state index in [1.165, 1.54) is 0 Å². The Morgan fingerprint density at radius 1 is 1.09 bits per heavy atom. The Hall–Kier alpha value is -3.68. The van der Waals surface area contributed by atoms with Crippen LogP contribution in [0.1, 0.15) is 24.2 Å². The van der Waals surface area contributed by atoms with Crippen LogP contribution >= 0.6 is 11.6 Å². The number of guanidine groups is 1. The van der Waals surface area contributed by atoms with E-state index >= 15 is 0 Å². The maximum Gasteiger partial charge on any atom is 0.302 e. The molecule has 160 valence electrons. The second-order valence-corrected chi connectivity index (χ2v) is 7.75. The summed E-state index contributed by atoms with van der Waals surface area (Å²) in [4.78, 5) is 15.7. The molecule has 1 aliphatic heterocycles. The lowest BCUT2D eigenvalue weighted by Crippen LogP contribution is -2.38. The van der Waals surface area contributed by atoms with Gasteiger partial charge in [0.25, 0.3) is 0 Å². The van der Waals surface area contributed by atoms with Crippen molar-refractivity contribution in [1.29, 1.82) is 0 Å². The minimum absolute atomic E-state index is 0.119. The van der Waals surface area contributed by atoms with Crippen LogP contribution in [0.3, 0.4) is 0 Å². The summed E-state index contributed by atoms with van der Waals surface area (Å²) >= 11 is 6.46. The third-order valence-electron chi connectivity index (χ3n) is 5.19. The van der Waals surface area contributed by atoms with E-state index in [0.29, 0.717) is 28.3 Å². The number of hydrogen-bond acceptors (Lipinski definition) is 7. The van der Waals surface area contributed by atoms with Gasteiger partial charge in [0.05, 0.1) is 24.2 Å². The van der Waals surface area contributed by atoms with Gasteiger partial charge in [-0.1, -0.05) is 41.9 Å². The highest BCUT2D eigenvalue weighted by molar-refractivity contribution is 6.31. The van der Waals surface area contributed by atoms with Crippen molar-refractivity contribution in [3.8, 4) is 0 Å². The van der Waals surface area contributed by atoms with Crippen LogP contribution in [0.2, 0.25) is 5.02 Å². The number of anilines is 2. The van der Waals surface area contributed by atoms with Gasteiger partial charge in [-0.15, -0.1) is 0 Å². The van der Waals surface area contributed by atoms with Gasteiger partial charge in [-0.2, -0.15) is 4.98 Å². The molecule has 0 saturated heterocycles. The van der Waals surface area contributed by atoms with Crippen LogP contribution in [0.15, 0.2) is 88.0 Å². The van der Waals surface area contributed by atoms with E-state index < -0.39 is 0 Å². The second kappa shape index (κ2) is 8.45. The van der Waals surface area contributed by atoms with Gasteiger partial charge in [0, 0.05) is 10.7 Å². The number of nitrogens with one attached hydrogen (secondary N) is 1. The smallest absolute Gasteiger partial charge is 0.302 e. The van der Waals surface area contributed by atoms with Crippen LogP contribution in [0.5, 0.6) is 0 Å². The molecule has 4 aromatic rings. The van der Waals surface area contributed by atoms with Gasteiger partial charge in [-0.05, 0) is 48.9 Å². The molecule has 2 N–H and O–H groups in total. The standard InChI is InChI=1S/C24H20ClN5O2/c1-15-12-21(18-6-2-3-7-19(18)25)27-23(30(15)17-11-10-16(14-31)26-13-17)29-24-28-20-8-4-5-9-22(20)32-24/h2-13,21,31H,14H2,1H3,(H,27,28,29). The Labute approximate surface area is 189 Å². The van der Waals surface area contributed by atoms with Crippen molar-refractivity contribution in [3.63, 3.8) is 0 Å². The Morgan fingerprint density at radius 2 is 1.91 bits per heavy atom. The Bertz CT molecular complexity index is 1300. The zero-order chi connectivity index (χ0) is 22.1. The van der Waals surface area contributed by atoms with Crippen molar-refractivity contribution >= 4 is 40.4 Å². The van der Waals surface area contributed by atoms with Crippen molar-refractivity contribution in [2.24, 2.45) is 4.99 Å². The predicted molar refractivity (Wildman–Crippen MR) is 126 cm³/mol. The summed E-state index contributed by atoms with van der Waals surface area (Å²) in [5.74, 6) is 0.528. The predicted octanol–water partition coefficient (Wildman–Crippen LogP) is 5.30. The summed E-state index contributed by atoms with van der Waals surface area (Å²) in [6, 6.07) is 18.9. The van der Waals surface area contributed by atoms with Crippen LogP contribution in [0.25, 0.3) is 11.1 Å². The molecule has 1 unspecified atom stereocenters. The van der Waals surface area contributed by atoms with Crippen LogP contribution < -0.4 is 10.2 Å². The van der Waals surface area contributed by atoms with E-state index in [9.17, 15) is 5.11 Å². The highest BCUT2D eigenvalue weighted by atomic mass is 35.5. The number of aliphatic imine (C=N–C) groups is 1. The van der Waals surface area contributed by atoms with Crippen LogP contribution in [-0.4, -0.2) is 21.0 Å². The zero-order valence-corrected chi connectivity index (χ0v) is 18.0. The van der Waals surface area contributed by atoms with Gasteiger partial charge in [-0.3, -0.25) is 15.2 Å². The molecule has 0 radical (unpaired) electrons. The number of benzene rings is 2. The van der Waals surface area contributed by atoms with E-state index in [4.69, 9.17) is 21.0 Å². The lowest BCUT2D eigenvalue weighted by Gasteiger charge is -2.31. The Morgan fingerprint density at radius 3 is 2.66 bits per heavy atom. The Kier molecular flexibility index (Phi) is 5.34. The van der Waals surface area contributed by atoms with Gasteiger partial charge in [0.1, 0.15) is 11.6 Å². The molecule has 0 spiro atoms. The molecule has 1 aliphatic rings. The summed E-state index contributed by atoms with van der Waals surface area (Å²) in [6.45, 7) is 1.87. The minimum atomic E-state index is -0.281. The van der Waals surface area contributed by atoms with E-state index in [2.05, 4.69) is 15.3 Å². The summed E-state index contributed by atoms with van der Waals surface area (Å²) < 4.78 is 5.87. The fourth-order valence-corrected chi connectivity index (χ4v) is 3.90. The molecular formula is C24H20ClN5O2. The number of oxazole rings is 1. The average Bonchev–Trinajstić information content (AvgIpc) is 3.22. The number of rotatable bonds is 4. The van der Waals surface area contributed by atoms with Crippen molar-refractivity contribution in [3.05, 3.63) is 94.9 Å². The van der Waals surface area contributed by atoms with Crippen molar-refractivity contribution < 1.29 is 9.52 Å². The quantitative estimate of drug-likeness (QED) is 0.443. The average molecular weight is 446 g/mol. The number of pyridine rings is 1. The first-order valence-corrected chi connectivity index (χ1v) is 10.5. The number of halogens is 1. The zero-order valence-electron chi connectivity index (χ0n) is 17.2. The lowest BCUT2D eigenvalue weighted by molar-refractivity contribution is 0.277. The van der Waals surface area contributed by atoms with E-state index in [1.54, 1.807) is 12.3 Å². The fraction of sp³-hybridized carbons (Fsp3) is 0.125. The molecule has 0 aliphatic carbocycles. The molecular weight excluding hydrogens is 426 g/mol. The van der Waals surface area contributed by atoms with Crippen LogP contribution in [0.4, 0.5) is 11.7 Å². The fourth-order valence-electron chi connectivity index (χ4n) is 3.65. The number of hydrogen-bond donors (Lipinski definition) is 2. The van der Waals surface area contributed by atoms with Gasteiger partial charge >= 0.3 is 6.01 Å². The minimum Gasteiger partial charge on any atom is -0.423 e. The monoisotopic (exact) mass is 445 g/mol. The topological polar surface area (TPSA) is 86.8 Å². The highest BCUT2D eigenvalue weighted by Crippen LogP contribution is 2.34. The summed E-state index contributed by atoms with van der Waals surface area (Å²) in [5.41, 5.74) is 4.65. The molecule has 2 aromatic heterocycles. The lowest BCUT2D eigenvalue weighted by atomic mass is 10.0. The molecule has 2 aromatic carbocycles. The molecule has 0 saturated carbocycles. The normalized spacial score (nSPS) is 16.1. The van der Waals surface area contributed by atoms with Crippen LogP contribution in [0, 0.1) is 0 Å². The summed E-state index contributed by atoms with van der Waals surface area (Å²) in [6.07, 6.45) is 3.74.